The maximum atomic E-state index is 13.7. The van der Waals surface area contributed by atoms with Crippen molar-refractivity contribution in [2.45, 2.75) is 32.3 Å². The lowest BCUT2D eigenvalue weighted by Gasteiger charge is -2.25. The molecule has 1 N–H and O–H groups in total. The molecule has 38 heavy (non-hydrogen) atoms. The number of amides is 2. The molecule has 0 aliphatic carbocycles. The minimum absolute atomic E-state index is 0.00900. The molecule has 1 unspecified atom stereocenters. The third kappa shape index (κ3) is 5.86. The van der Waals surface area contributed by atoms with E-state index in [0.717, 1.165) is 22.6 Å². The summed E-state index contributed by atoms with van der Waals surface area (Å²) in [5, 5.41) is 9.80. The van der Waals surface area contributed by atoms with Crippen LogP contribution in [0.1, 0.15) is 29.4 Å². The Balaban J connectivity index is 1.82. The largest absolute Gasteiger partial charge is 0.573 e. The Hall–Kier alpha value is -3.77. The predicted molar refractivity (Wildman–Crippen MR) is 132 cm³/mol. The van der Waals surface area contributed by atoms with Gasteiger partial charge in [0.2, 0.25) is 0 Å². The molecule has 2 aromatic carbocycles. The molecule has 0 bridgehead atoms. The number of carbonyl (C=O) groups is 2. The van der Waals surface area contributed by atoms with Crippen molar-refractivity contribution in [2.75, 3.05) is 25.1 Å². The number of halogens is 4. The smallest absolute Gasteiger partial charge is 0.425 e. The number of alkyl halides is 3. The summed E-state index contributed by atoms with van der Waals surface area (Å²) in [4.78, 5) is 33.8. The Morgan fingerprint density at radius 2 is 1.79 bits per heavy atom. The van der Waals surface area contributed by atoms with E-state index in [2.05, 4.69) is 9.72 Å². The van der Waals surface area contributed by atoms with E-state index in [9.17, 15) is 27.9 Å². The van der Waals surface area contributed by atoms with E-state index in [1.165, 1.54) is 21.6 Å². The Morgan fingerprint density at radius 1 is 1.11 bits per heavy atom. The molecule has 0 radical (unpaired) electrons. The van der Waals surface area contributed by atoms with Crippen LogP contribution >= 0.6 is 11.6 Å². The maximum absolute atomic E-state index is 13.7. The first-order valence-electron chi connectivity index (χ1n) is 11.6. The van der Waals surface area contributed by atoms with Crippen molar-refractivity contribution in [2.24, 2.45) is 0 Å². The number of aliphatic hydroxyl groups excluding tert-OH is 1. The molecule has 0 saturated heterocycles. The van der Waals surface area contributed by atoms with Gasteiger partial charge in [-0.25, -0.2) is 0 Å². The number of nitrogens with zero attached hydrogens (tertiary/aromatic N) is 4. The fourth-order valence-corrected chi connectivity index (χ4v) is 4.08. The fraction of sp³-hybridized carbons (Fsp3) is 0.320. The maximum Gasteiger partial charge on any atom is 0.573 e. The second-order valence-corrected chi connectivity index (χ2v) is 9.00. The Labute approximate surface area is 220 Å². The molecular formula is C25H24ClF3N4O5. The zero-order valence-electron chi connectivity index (χ0n) is 20.4. The van der Waals surface area contributed by atoms with Crippen molar-refractivity contribution < 1.29 is 37.3 Å². The lowest BCUT2D eigenvalue weighted by atomic mass is 10.2. The Morgan fingerprint density at radius 3 is 2.45 bits per heavy atom. The van der Waals surface area contributed by atoms with Crippen molar-refractivity contribution in [3.05, 3.63) is 64.8 Å². The number of carbonyl (C=O) groups excluding carboxylic acids is 2. The highest BCUT2D eigenvalue weighted by atomic mass is 35.5. The molecule has 1 atom stereocenters. The van der Waals surface area contributed by atoms with Gasteiger partial charge in [-0.15, -0.1) is 13.2 Å². The summed E-state index contributed by atoms with van der Waals surface area (Å²) in [5.74, 6) is -1.44. The molecule has 9 nitrogen and oxygen atoms in total. The Bertz CT molecular complexity index is 1330. The summed E-state index contributed by atoms with van der Waals surface area (Å²) in [6.45, 7) is 1.46. The molecule has 0 fully saturated rings. The highest BCUT2D eigenvalue weighted by Gasteiger charge is 2.40. The molecule has 2 heterocycles. The quantitative estimate of drug-likeness (QED) is 0.412. The van der Waals surface area contributed by atoms with Crippen LogP contribution in [0.3, 0.4) is 0 Å². The average molecular weight is 553 g/mol. The summed E-state index contributed by atoms with van der Waals surface area (Å²) in [7, 11) is 1.60. The highest BCUT2D eigenvalue weighted by molar-refractivity contribution is 6.30. The number of fused-ring (bicyclic) bond motifs is 1. The Kier molecular flexibility index (Phi) is 7.83. The fourth-order valence-electron chi connectivity index (χ4n) is 3.96. The lowest BCUT2D eigenvalue weighted by Crippen LogP contribution is -2.46. The number of hydrogen-bond acceptors (Lipinski definition) is 7. The van der Waals surface area contributed by atoms with E-state index in [0.29, 0.717) is 5.02 Å². The standard InChI is InChI=1S/C25H24ClF3N4O5/c1-15-22(35)32(11-4-12-34)23(36)20-21(31(15)2)30-24(33(20)14-16-7-9-17(26)10-8-16)37-18-5-3-6-19(13-18)38-25(27,28)29/h3,5-10,13,15,34H,4,11-12,14H2,1-2H3. The van der Waals surface area contributed by atoms with E-state index < -0.39 is 30.0 Å². The van der Waals surface area contributed by atoms with Crippen LogP contribution in [0.4, 0.5) is 19.0 Å². The number of ether oxygens (including phenoxy) is 2. The van der Waals surface area contributed by atoms with Gasteiger partial charge in [-0.2, -0.15) is 4.98 Å². The molecule has 4 rings (SSSR count). The van der Waals surface area contributed by atoms with E-state index in [1.54, 1.807) is 38.2 Å². The van der Waals surface area contributed by atoms with Gasteiger partial charge in [-0.3, -0.25) is 19.1 Å². The van der Waals surface area contributed by atoms with Gasteiger partial charge in [0.05, 0.1) is 6.54 Å². The van der Waals surface area contributed by atoms with Crippen molar-refractivity contribution >= 4 is 29.2 Å². The molecule has 1 aromatic heterocycles. The number of hydrogen-bond donors (Lipinski definition) is 1. The molecule has 2 amide bonds. The van der Waals surface area contributed by atoms with Gasteiger partial charge in [-0.1, -0.05) is 29.8 Å². The van der Waals surface area contributed by atoms with E-state index in [4.69, 9.17) is 16.3 Å². The van der Waals surface area contributed by atoms with Crippen LogP contribution < -0.4 is 14.4 Å². The first kappa shape index (κ1) is 27.3. The summed E-state index contributed by atoms with van der Waals surface area (Å²) in [6, 6.07) is 10.9. The highest BCUT2D eigenvalue weighted by Crippen LogP contribution is 2.35. The van der Waals surface area contributed by atoms with Crippen molar-refractivity contribution in [1.82, 2.24) is 14.5 Å². The van der Waals surface area contributed by atoms with Crippen LogP contribution in [-0.2, 0) is 11.3 Å². The van der Waals surface area contributed by atoms with E-state index in [-0.39, 0.29) is 49.4 Å². The van der Waals surface area contributed by atoms with Crippen molar-refractivity contribution in [3.63, 3.8) is 0 Å². The van der Waals surface area contributed by atoms with E-state index >= 15 is 0 Å². The van der Waals surface area contributed by atoms with Crippen LogP contribution in [0.15, 0.2) is 48.5 Å². The molecule has 0 spiro atoms. The molecule has 3 aromatic rings. The van der Waals surface area contributed by atoms with Crippen molar-refractivity contribution in [1.29, 1.82) is 0 Å². The second-order valence-electron chi connectivity index (χ2n) is 8.56. The molecular weight excluding hydrogens is 529 g/mol. The van der Waals surface area contributed by atoms with Gasteiger partial charge in [0, 0.05) is 31.3 Å². The SMILES string of the molecule is CC1C(=O)N(CCCO)C(=O)c2c(nc(Oc3cccc(OC(F)(F)F)c3)n2Cc2ccc(Cl)cc2)N1C. The van der Waals surface area contributed by atoms with Gasteiger partial charge >= 0.3 is 12.4 Å². The van der Waals surface area contributed by atoms with Crippen LogP contribution in [0.5, 0.6) is 17.5 Å². The minimum atomic E-state index is -4.89. The molecule has 1 aliphatic heterocycles. The monoisotopic (exact) mass is 552 g/mol. The normalized spacial score (nSPS) is 15.9. The van der Waals surface area contributed by atoms with Crippen LogP contribution in [0.2, 0.25) is 5.02 Å². The number of likely N-dealkylation sites (N-methyl/N-ethyl adjacent to an activating group) is 1. The van der Waals surface area contributed by atoms with Crippen LogP contribution in [0.25, 0.3) is 0 Å². The van der Waals surface area contributed by atoms with Gasteiger partial charge in [0.15, 0.2) is 11.5 Å². The third-order valence-corrected chi connectivity index (χ3v) is 6.19. The number of imidazole rings is 1. The first-order valence-corrected chi connectivity index (χ1v) is 11.9. The second kappa shape index (κ2) is 10.9. The summed E-state index contributed by atoms with van der Waals surface area (Å²) < 4.78 is 49.5. The number of rotatable bonds is 8. The van der Waals surface area contributed by atoms with Gasteiger partial charge in [0.1, 0.15) is 17.5 Å². The lowest BCUT2D eigenvalue weighted by molar-refractivity contribution is -0.274. The average Bonchev–Trinajstić information content (AvgIpc) is 3.18. The molecule has 13 heteroatoms. The van der Waals surface area contributed by atoms with E-state index in [1.807, 2.05) is 0 Å². The zero-order chi connectivity index (χ0) is 27.6. The van der Waals surface area contributed by atoms with Crippen LogP contribution in [0, 0.1) is 0 Å². The van der Waals surface area contributed by atoms with Crippen LogP contribution in [-0.4, -0.2) is 64.0 Å². The summed E-state index contributed by atoms with van der Waals surface area (Å²) in [5.41, 5.74) is 0.769. The first-order chi connectivity index (χ1) is 18.0. The number of aromatic nitrogens is 2. The number of anilines is 1. The number of imide groups is 1. The summed E-state index contributed by atoms with van der Waals surface area (Å²) >= 11 is 6.01. The third-order valence-electron chi connectivity index (χ3n) is 5.94. The number of aliphatic hydroxyl groups is 1. The molecule has 0 saturated carbocycles. The zero-order valence-corrected chi connectivity index (χ0v) is 21.2. The van der Waals surface area contributed by atoms with Crippen molar-refractivity contribution in [3.8, 4) is 17.5 Å². The topological polar surface area (TPSA) is 97.1 Å². The van der Waals surface area contributed by atoms with Gasteiger partial charge in [0.25, 0.3) is 11.8 Å². The minimum Gasteiger partial charge on any atom is -0.425 e. The molecule has 202 valence electrons. The molecule has 1 aliphatic rings. The van der Waals surface area contributed by atoms with Gasteiger partial charge < -0.3 is 19.5 Å². The predicted octanol–water partition coefficient (Wildman–Crippen LogP) is 4.47. The summed E-state index contributed by atoms with van der Waals surface area (Å²) in [6.07, 6.45) is -4.71. The number of benzene rings is 2. The van der Waals surface area contributed by atoms with Gasteiger partial charge in [-0.05, 0) is 43.2 Å².